The first-order chi connectivity index (χ1) is 12.2. The van der Waals surface area contributed by atoms with Crippen molar-refractivity contribution in [1.82, 2.24) is 10.6 Å². The normalized spacial score (nSPS) is 19.2. The number of rotatable bonds is 6. The van der Waals surface area contributed by atoms with Gasteiger partial charge in [0, 0.05) is 23.4 Å². The summed E-state index contributed by atoms with van der Waals surface area (Å²) >= 11 is 3.52. The Labute approximate surface area is 156 Å². The number of fused-ring (bicyclic) bond motifs is 1. The van der Waals surface area contributed by atoms with Crippen LogP contribution in [0.1, 0.15) is 41.1 Å². The molecule has 1 unspecified atom stereocenters. The second-order valence-electron chi connectivity index (χ2n) is 6.24. The molecule has 0 spiro atoms. The molecule has 3 heterocycles. The molecule has 2 aromatic rings. The van der Waals surface area contributed by atoms with Crippen LogP contribution in [-0.4, -0.2) is 31.6 Å². The number of imide groups is 1. The van der Waals surface area contributed by atoms with Crippen LogP contribution in [0.25, 0.3) is 0 Å². The van der Waals surface area contributed by atoms with E-state index in [0.717, 1.165) is 25.8 Å². The summed E-state index contributed by atoms with van der Waals surface area (Å²) in [5.41, 5.74) is 1.33. The number of hydrogen-bond acceptors (Lipinski definition) is 4. The summed E-state index contributed by atoms with van der Waals surface area (Å²) in [6.07, 6.45) is 2.91. The number of hydrogen-bond donors (Lipinski definition) is 3. The Bertz CT molecular complexity index is 712. The molecule has 0 aliphatic carbocycles. The molecule has 0 saturated carbocycles. The van der Waals surface area contributed by atoms with E-state index in [0.29, 0.717) is 13.1 Å². The van der Waals surface area contributed by atoms with E-state index in [1.54, 1.807) is 22.7 Å². The van der Waals surface area contributed by atoms with Crippen molar-refractivity contribution in [3.63, 3.8) is 0 Å². The van der Waals surface area contributed by atoms with Gasteiger partial charge in [0.15, 0.2) is 6.54 Å². The molecule has 0 bridgehead atoms. The highest BCUT2D eigenvalue weighted by Crippen LogP contribution is 2.31. The standard InChI is InChI=1S/C18H23N3O2S2/c1-2-3-8-19-18(23)20-16(22)12-21-9-6-14-13(7-11-25-14)17(21)15-5-4-10-24-15/h4-5,7,10-11,17H,2-3,6,8-9,12H2,1H3,(H2,19,20,22,23)/p+1/t17-/m0/s1. The molecule has 1 aliphatic rings. The van der Waals surface area contributed by atoms with Gasteiger partial charge >= 0.3 is 6.03 Å². The molecule has 134 valence electrons. The van der Waals surface area contributed by atoms with E-state index >= 15 is 0 Å². The number of urea groups is 1. The molecule has 7 heteroatoms. The zero-order chi connectivity index (χ0) is 17.6. The van der Waals surface area contributed by atoms with Gasteiger partial charge in [-0.2, -0.15) is 0 Å². The van der Waals surface area contributed by atoms with Gasteiger partial charge in [-0.05, 0) is 29.3 Å². The molecule has 0 fully saturated rings. The van der Waals surface area contributed by atoms with Gasteiger partial charge in [0.05, 0.1) is 11.4 Å². The number of unbranched alkanes of at least 4 members (excludes halogenated alkanes) is 1. The van der Waals surface area contributed by atoms with E-state index in [1.165, 1.54) is 20.2 Å². The number of carbonyl (C=O) groups excluding carboxylic acids is 2. The number of thiophene rings is 2. The van der Waals surface area contributed by atoms with Gasteiger partial charge in [-0.3, -0.25) is 10.1 Å². The van der Waals surface area contributed by atoms with Crippen LogP contribution in [0.2, 0.25) is 0 Å². The fourth-order valence-electron chi connectivity index (χ4n) is 3.25. The second kappa shape index (κ2) is 8.60. The van der Waals surface area contributed by atoms with Crippen molar-refractivity contribution in [2.45, 2.75) is 32.2 Å². The fraction of sp³-hybridized carbons (Fsp3) is 0.444. The Kier molecular flexibility index (Phi) is 6.23. The average Bonchev–Trinajstić information content (AvgIpc) is 3.26. The molecular formula is C18H24N3O2S2+. The van der Waals surface area contributed by atoms with E-state index in [2.05, 4.69) is 46.5 Å². The van der Waals surface area contributed by atoms with Gasteiger partial charge < -0.3 is 10.2 Å². The molecule has 3 rings (SSSR count). The lowest BCUT2D eigenvalue weighted by molar-refractivity contribution is -0.919. The molecule has 2 atom stereocenters. The zero-order valence-corrected chi connectivity index (χ0v) is 16.0. The van der Waals surface area contributed by atoms with Gasteiger partial charge in [0.1, 0.15) is 6.04 Å². The summed E-state index contributed by atoms with van der Waals surface area (Å²) in [4.78, 5) is 28.0. The van der Waals surface area contributed by atoms with Crippen molar-refractivity contribution in [3.05, 3.63) is 44.3 Å². The summed E-state index contributed by atoms with van der Waals surface area (Å²) in [7, 11) is 0. The lowest BCUT2D eigenvalue weighted by Gasteiger charge is -2.31. The molecule has 2 aromatic heterocycles. The van der Waals surface area contributed by atoms with Crippen LogP contribution in [-0.2, 0) is 11.2 Å². The zero-order valence-electron chi connectivity index (χ0n) is 14.3. The largest absolute Gasteiger partial charge is 0.338 e. The van der Waals surface area contributed by atoms with Gasteiger partial charge in [0.25, 0.3) is 5.91 Å². The Morgan fingerprint density at radius 2 is 2.16 bits per heavy atom. The van der Waals surface area contributed by atoms with E-state index < -0.39 is 6.03 Å². The highest BCUT2D eigenvalue weighted by molar-refractivity contribution is 7.10. The first-order valence-electron chi connectivity index (χ1n) is 8.71. The summed E-state index contributed by atoms with van der Waals surface area (Å²) < 4.78 is 0. The van der Waals surface area contributed by atoms with Crippen molar-refractivity contribution >= 4 is 34.6 Å². The number of nitrogens with one attached hydrogen (secondary N) is 3. The Hall–Kier alpha value is -1.70. The van der Waals surface area contributed by atoms with Crippen LogP contribution in [0, 0.1) is 0 Å². The van der Waals surface area contributed by atoms with Gasteiger partial charge in [-0.25, -0.2) is 4.79 Å². The van der Waals surface area contributed by atoms with Crippen LogP contribution in [0.15, 0.2) is 29.0 Å². The van der Waals surface area contributed by atoms with Crippen molar-refractivity contribution in [2.24, 2.45) is 0 Å². The maximum atomic E-state index is 12.3. The van der Waals surface area contributed by atoms with Crippen LogP contribution < -0.4 is 15.5 Å². The highest BCUT2D eigenvalue weighted by Gasteiger charge is 2.35. The van der Waals surface area contributed by atoms with E-state index in [9.17, 15) is 9.59 Å². The van der Waals surface area contributed by atoms with Crippen molar-refractivity contribution in [3.8, 4) is 0 Å². The lowest BCUT2D eigenvalue weighted by Crippen LogP contribution is -3.14. The summed E-state index contributed by atoms with van der Waals surface area (Å²) in [5, 5.41) is 9.40. The average molecular weight is 379 g/mol. The minimum atomic E-state index is -0.390. The maximum absolute atomic E-state index is 12.3. The first-order valence-corrected chi connectivity index (χ1v) is 10.5. The summed E-state index contributed by atoms with van der Waals surface area (Å²) in [6.45, 7) is 3.87. The monoisotopic (exact) mass is 378 g/mol. The van der Waals surface area contributed by atoms with Gasteiger partial charge in [0.2, 0.25) is 0 Å². The molecule has 3 amide bonds. The van der Waals surface area contributed by atoms with Crippen LogP contribution >= 0.6 is 22.7 Å². The van der Waals surface area contributed by atoms with E-state index in [4.69, 9.17) is 0 Å². The topological polar surface area (TPSA) is 62.6 Å². The number of amides is 3. The summed E-state index contributed by atoms with van der Waals surface area (Å²) in [5.74, 6) is -0.218. The third-order valence-corrected chi connectivity index (χ3v) is 6.39. The van der Waals surface area contributed by atoms with Crippen molar-refractivity contribution in [2.75, 3.05) is 19.6 Å². The summed E-state index contributed by atoms with van der Waals surface area (Å²) in [6, 6.07) is 6.17. The molecule has 0 aromatic carbocycles. The second-order valence-corrected chi connectivity index (χ2v) is 8.22. The Balaban J connectivity index is 1.65. The predicted molar refractivity (Wildman–Crippen MR) is 101 cm³/mol. The molecular weight excluding hydrogens is 354 g/mol. The van der Waals surface area contributed by atoms with Crippen LogP contribution in [0.4, 0.5) is 4.79 Å². The van der Waals surface area contributed by atoms with E-state index in [1.807, 2.05) is 0 Å². The fourth-order valence-corrected chi connectivity index (χ4v) is 5.07. The van der Waals surface area contributed by atoms with Crippen molar-refractivity contribution in [1.29, 1.82) is 0 Å². The Morgan fingerprint density at radius 3 is 2.92 bits per heavy atom. The quantitative estimate of drug-likeness (QED) is 0.673. The third-order valence-electron chi connectivity index (χ3n) is 4.46. The smallest absolute Gasteiger partial charge is 0.321 e. The lowest BCUT2D eigenvalue weighted by atomic mass is 9.98. The minimum absolute atomic E-state index is 0.184. The Morgan fingerprint density at radius 1 is 1.28 bits per heavy atom. The SMILES string of the molecule is CCCCNC(=O)NC(=O)C[NH+]1CCc2sccc2[C@H]1c1cccs1. The maximum Gasteiger partial charge on any atom is 0.321 e. The molecule has 1 aliphatic heterocycles. The van der Waals surface area contributed by atoms with E-state index in [-0.39, 0.29) is 11.9 Å². The van der Waals surface area contributed by atoms with Crippen molar-refractivity contribution < 1.29 is 14.5 Å². The number of quaternary nitrogens is 1. The highest BCUT2D eigenvalue weighted by atomic mass is 32.1. The molecule has 25 heavy (non-hydrogen) atoms. The van der Waals surface area contributed by atoms with Gasteiger partial charge in [-0.1, -0.05) is 19.4 Å². The first kappa shape index (κ1) is 18.1. The third kappa shape index (κ3) is 4.48. The molecule has 0 radical (unpaired) electrons. The molecule has 0 saturated heterocycles. The molecule has 5 nitrogen and oxygen atoms in total. The minimum Gasteiger partial charge on any atom is -0.338 e. The predicted octanol–water partition coefficient (Wildman–Crippen LogP) is 1.97. The van der Waals surface area contributed by atoms with Gasteiger partial charge in [-0.15, -0.1) is 22.7 Å². The molecule has 3 N–H and O–H groups in total. The van der Waals surface area contributed by atoms with Crippen LogP contribution in [0.3, 0.4) is 0 Å². The number of carbonyl (C=O) groups is 2. The van der Waals surface area contributed by atoms with Crippen LogP contribution in [0.5, 0.6) is 0 Å².